The topological polar surface area (TPSA) is 0 Å². The van der Waals surface area contributed by atoms with Crippen molar-refractivity contribution in [1.29, 1.82) is 0 Å². The molecule has 55 valence electrons. The molecule has 0 bridgehead atoms. The molecule has 0 aromatic heterocycles. The quantitative estimate of drug-likeness (QED) is 0.561. The molecule has 0 N–H and O–H groups in total. The van der Waals surface area contributed by atoms with Gasteiger partial charge in [0.2, 0.25) is 0 Å². The van der Waals surface area contributed by atoms with Gasteiger partial charge >= 0.3 is 0 Å². The van der Waals surface area contributed by atoms with Crippen LogP contribution in [0.4, 0.5) is 13.2 Å². The summed E-state index contributed by atoms with van der Waals surface area (Å²) in [7, 11) is 0. The molecule has 2 atom stereocenters. The molecule has 0 fully saturated rings. The van der Waals surface area contributed by atoms with E-state index in [-0.39, 0.29) is 19.5 Å². The van der Waals surface area contributed by atoms with Gasteiger partial charge in [0.15, 0.2) is 0 Å². The van der Waals surface area contributed by atoms with Crippen LogP contribution in [0.5, 0.6) is 0 Å². The summed E-state index contributed by atoms with van der Waals surface area (Å²) in [6, 6.07) is 0. The molecule has 0 aromatic carbocycles. The molecule has 0 nitrogen and oxygen atoms in total. The van der Waals surface area contributed by atoms with E-state index in [9.17, 15) is 13.2 Å². The fourth-order valence-electron chi connectivity index (χ4n) is 0.545. The lowest BCUT2D eigenvalue weighted by atomic mass is 10.2. The van der Waals surface area contributed by atoms with Crippen LogP contribution in [0.25, 0.3) is 0 Å². The van der Waals surface area contributed by atoms with Crippen LogP contribution in [0.2, 0.25) is 0 Å². The maximum Gasteiger partial charge on any atom is 0.134 e. The van der Waals surface area contributed by atoms with Gasteiger partial charge in [-0.1, -0.05) is 0 Å². The Labute approximate surface area is 53.1 Å². The summed E-state index contributed by atoms with van der Waals surface area (Å²) >= 11 is 0. The normalized spacial score (nSPS) is 17.3. The number of halogens is 3. The van der Waals surface area contributed by atoms with E-state index in [0.717, 1.165) is 0 Å². The number of hydrogen-bond acceptors (Lipinski definition) is 0. The molecule has 0 aromatic rings. The third-order valence-electron chi connectivity index (χ3n) is 0.925. The van der Waals surface area contributed by atoms with Crippen LogP contribution >= 0.6 is 0 Å². The molecule has 0 amide bonds. The van der Waals surface area contributed by atoms with Crippen molar-refractivity contribution in [2.24, 2.45) is 0 Å². The Balaban J connectivity index is 3.15. The third kappa shape index (κ3) is 5.66. The van der Waals surface area contributed by atoms with Crippen LogP contribution in [-0.4, -0.2) is 12.3 Å². The summed E-state index contributed by atoms with van der Waals surface area (Å²) in [5.74, 6) is 0. The second kappa shape index (κ2) is 4.65. The lowest BCUT2D eigenvalue weighted by Crippen LogP contribution is -2.06. The highest BCUT2D eigenvalue weighted by Crippen LogP contribution is 2.10. The van der Waals surface area contributed by atoms with Gasteiger partial charge in [0.05, 0.1) is 0 Å². The molecule has 0 spiro atoms. The zero-order valence-corrected chi connectivity index (χ0v) is 5.28. The fraction of sp³-hybridized carbons (Fsp3) is 0.833. The number of alkyl halides is 2. The lowest BCUT2D eigenvalue weighted by Gasteiger charge is -2.04. The average molecular weight is 139 g/mol. The molecular weight excluding hydrogens is 129 g/mol. The van der Waals surface area contributed by atoms with Crippen molar-refractivity contribution in [3.8, 4) is 0 Å². The molecule has 0 rings (SSSR count). The second-order valence-corrected chi connectivity index (χ2v) is 2.00. The van der Waals surface area contributed by atoms with Gasteiger partial charge in [-0.3, -0.25) is 0 Å². The number of hydrogen-bond donors (Lipinski definition) is 0. The van der Waals surface area contributed by atoms with Gasteiger partial charge in [-0.15, -0.1) is 0 Å². The van der Waals surface area contributed by atoms with Crippen LogP contribution in [0.1, 0.15) is 19.8 Å². The van der Waals surface area contributed by atoms with E-state index in [4.69, 9.17) is 0 Å². The molecule has 0 saturated carbocycles. The SMILES string of the molecule is CC(F)CC(F)C[CH]F. The molecule has 3 heteroatoms. The van der Waals surface area contributed by atoms with Crippen molar-refractivity contribution in [1.82, 2.24) is 0 Å². The van der Waals surface area contributed by atoms with Crippen LogP contribution in [0, 0.1) is 6.67 Å². The summed E-state index contributed by atoms with van der Waals surface area (Å²) in [4.78, 5) is 0. The van der Waals surface area contributed by atoms with E-state index in [1.807, 2.05) is 0 Å². The molecule has 0 aliphatic heterocycles. The fourth-order valence-corrected chi connectivity index (χ4v) is 0.545. The highest BCUT2D eigenvalue weighted by atomic mass is 19.2. The standard InChI is InChI=1S/C6H10F3/c1-5(8)4-6(9)2-3-7/h3,5-6H,2,4H2,1H3. The van der Waals surface area contributed by atoms with E-state index < -0.39 is 12.3 Å². The van der Waals surface area contributed by atoms with Gasteiger partial charge in [-0.2, -0.15) is 0 Å². The lowest BCUT2D eigenvalue weighted by molar-refractivity contribution is 0.222. The van der Waals surface area contributed by atoms with Gasteiger partial charge < -0.3 is 0 Å². The Morgan fingerprint density at radius 1 is 1.44 bits per heavy atom. The monoisotopic (exact) mass is 139 g/mol. The van der Waals surface area contributed by atoms with Crippen molar-refractivity contribution in [3.05, 3.63) is 6.67 Å². The van der Waals surface area contributed by atoms with E-state index in [0.29, 0.717) is 0 Å². The summed E-state index contributed by atoms with van der Waals surface area (Å²) in [5.41, 5.74) is 0. The molecule has 0 saturated heterocycles. The first-order valence-corrected chi connectivity index (χ1v) is 2.86. The van der Waals surface area contributed by atoms with E-state index >= 15 is 0 Å². The molecule has 0 aliphatic carbocycles. The Hall–Kier alpha value is -0.210. The first-order valence-electron chi connectivity index (χ1n) is 2.86. The van der Waals surface area contributed by atoms with Gasteiger partial charge in [0.1, 0.15) is 19.0 Å². The van der Waals surface area contributed by atoms with Gasteiger partial charge in [0.25, 0.3) is 0 Å². The van der Waals surface area contributed by atoms with Crippen LogP contribution in [0.15, 0.2) is 0 Å². The Morgan fingerprint density at radius 3 is 2.33 bits per heavy atom. The smallest absolute Gasteiger partial charge is 0.134 e. The van der Waals surface area contributed by atoms with Crippen LogP contribution in [-0.2, 0) is 0 Å². The first kappa shape index (κ1) is 8.79. The molecular formula is C6H10F3. The third-order valence-corrected chi connectivity index (χ3v) is 0.925. The Bertz CT molecular complexity index is 63.3. The van der Waals surface area contributed by atoms with Crippen molar-refractivity contribution >= 4 is 0 Å². The maximum absolute atomic E-state index is 12.1. The van der Waals surface area contributed by atoms with E-state index in [1.165, 1.54) is 6.92 Å². The molecule has 0 heterocycles. The average Bonchev–Trinajstić information content (AvgIpc) is 1.63. The summed E-state index contributed by atoms with van der Waals surface area (Å²) in [6.07, 6.45) is -3.05. The molecule has 0 aliphatic rings. The van der Waals surface area contributed by atoms with Crippen molar-refractivity contribution in [2.45, 2.75) is 32.1 Å². The zero-order valence-electron chi connectivity index (χ0n) is 5.28. The van der Waals surface area contributed by atoms with Crippen molar-refractivity contribution in [2.75, 3.05) is 0 Å². The molecule has 9 heavy (non-hydrogen) atoms. The highest BCUT2D eigenvalue weighted by Gasteiger charge is 2.10. The summed E-state index contributed by atoms with van der Waals surface area (Å²) in [5, 5.41) is 0. The highest BCUT2D eigenvalue weighted by molar-refractivity contribution is 4.63. The maximum atomic E-state index is 12.1. The first-order chi connectivity index (χ1) is 4.16. The number of rotatable bonds is 4. The van der Waals surface area contributed by atoms with E-state index in [1.54, 1.807) is 0 Å². The van der Waals surface area contributed by atoms with Crippen LogP contribution in [0.3, 0.4) is 0 Å². The molecule has 1 radical (unpaired) electrons. The predicted octanol–water partition coefficient (Wildman–Crippen LogP) is 2.59. The van der Waals surface area contributed by atoms with Gasteiger partial charge in [0, 0.05) is 12.8 Å². The zero-order chi connectivity index (χ0) is 7.28. The second-order valence-electron chi connectivity index (χ2n) is 2.00. The molecule has 2 unspecified atom stereocenters. The minimum atomic E-state index is -1.37. The van der Waals surface area contributed by atoms with Crippen LogP contribution < -0.4 is 0 Å². The summed E-state index contributed by atoms with van der Waals surface area (Å²) < 4.78 is 35.2. The summed E-state index contributed by atoms with van der Waals surface area (Å²) in [6.45, 7) is 1.47. The van der Waals surface area contributed by atoms with Crippen molar-refractivity contribution in [3.63, 3.8) is 0 Å². The van der Waals surface area contributed by atoms with Gasteiger partial charge in [-0.25, -0.2) is 13.2 Å². The van der Waals surface area contributed by atoms with Crippen molar-refractivity contribution < 1.29 is 13.2 Å². The Morgan fingerprint density at radius 2 is 2.00 bits per heavy atom. The minimum absolute atomic E-state index is 0.208. The van der Waals surface area contributed by atoms with Gasteiger partial charge in [-0.05, 0) is 6.92 Å². The van der Waals surface area contributed by atoms with E-state index in [2.05, 4.69) is 0 Å². The Kier molecular flexibility index (Phi) is 4.54. The minimum Gasteiger partial charge on any atom is -0.248 e. The predicted molar refractivity (Wildman–Crippen MR) is 30.1 cm³/mol. The largest absolute Gasteiger partial charge is 0.248 e.